The molecule has 2 aromatic carbocycles. The maximum absolute atomic E-state index is 13.1. The predicted molar refractivity (Wildman–Crippen MR) is 107 cm³/mol. The molecule has 0 spiro atoms. The molecule has 1 fully saturated rings. The summed E-state index contributed by atoms with van der Waals surface area (Å²) in [6.45, 7) is 3.24. The van der Waals surface area contributed by atoms with Crippen molar-refractivity contribution in [2.45, 2.75) is 30.0 Å². The summed E-state index contributed by atoms with van der Waals surface area (Å²) < 4.78 is 33.4. The first-order chi connectivity index (χ1) is 12.5. The Kier molecular flexibility index (Phi) is 6.51. The molecule has 3 rings (SSSR count). The van der Waals surface area contributed by atoms with Gasteiger partial charge in [0, 0.05) is 17.3 Å². The van der Waals surface area contributed by atoms with E-state index in [1.165, 1.54) is 0 Å². The van der Waals surface area contributed by atoms with E-state index in [4.69, 9.17) is 16.3 Å². The molecule has 1 unspecified atom stereocenters. The lowest BCUT2D eigenvalue weighted by Gasteiger charge is -2.23. The van der Waals surface area contributed by atoms with Crippen molar-refractivity contribution in [2.24, 2.45) is 0 Å². The zero-order chi connectivity index (χ0) is 18.6. The number of halogens is 1. The fourth-order valence-electron chi connectivity index (χ4n) is 2.77. The molecule has 7 heteroatoms. The Labute approximate surface area is 164 Å². The second-order valence-corrected chi connectivity index (χ2v) is 9.58. The van der Waals surface area contributed by atoms with E-state index < -0.39 is 10.0 Å². The van der Waals surface area contributed by atoms with Crippen LogP contribution in [0.1, 0.15) is 30.7 Å². The summed E-state index contributed by atoms with van der Waals surface area (Å²) in [6.07, 6.45) is 2.04. The summed E-state index contributed by atoms with van der Waals surface area (Å²) in [7, 11) is -3.56. The number of hydrogen-bond donors (Lipinski definition) is 0. The van der Waals surface area contributed by atoms with Crippen LogP contribution in [-0.2, 0) is 10.0 Å². The van der Waals surface area contributed by atoms with Crippen LogP contribution in [0.2, 0.25) is 5.02 Å². The summed E-state index contributed by atoms with van der Waals surface area (Å²) in [5, 5.41) is 0.419. The third kappa shape index (κ3) is 4.36. The molecule has 1 heterocycles. The molecule has 0 amide bonds. The van der Waals surface area contributed by atoms with Gasteiger partial charge in [-0.1, -0.05) is 37.1 Å². The van der Waals surface area contributed by atoms with Gasteiger partial charge < -0.3 is 4.74 Å². The standard InChI is InChI=1S/C19H22ClNO3S2/c1-2-3-13-24-17-8-10-18(11-9-17)26(22,23)21-12-14-25-19(21)15-4-6-16(20)7-5-15/h4-11,19H,2-3,12-14H2,1H3. The van der Waals surface area contributed by atoms with Crippen LogP contribution < -0.4 is 4.74 Å². The minimum Gasteiger partial charge on any atom is -0.494 e. The van der Waals surface area contributed by atoms with Crippen molar-refractivity contribution in [3.63, 3.8) is 0 Å². The first-order valence-corrected chi connectivity index (χ1v) is 11.5. The van der Waals surface area contributed by atoms with Crippen LogP contribution in [0.5, 0.6) is 5.75 Å². The summed E-state index contributed by atoms with van der Waals surface area (Å²) in [5.41, 5.74) is 0.944. The normalized spacial score (nSPS) is 18.2. The molecule has 140 valence electrons. The minimum absolute atomic E-state index is 0.224. The first-order valence-electron chi connectivity index (χ1n) is 8.64. The number of rotatable bonds is 7. The number of ether oxygens (including phenoxy) is 1. The van der Waals surface area contributed by atoms with Crippen molar-refractivity contribution in [1.82, 2.24) is 4.31 Å². The highest BCUT2D eigenvalue weighted by Crippen LogP contribution is 2.41. The number of unbranched alkanes of at least 4 members (excludes halogenated alkanes) is 1. The Morgan fingerprint density at radius 1 is 1.15 bits per heavy atom. The van der Waals surface area contributed by atoms with Crippen LogP contribution in [0.4, 0.5) is 0 Å². The van der Waals surface area contributed by atoms with E-state index in [0.29, 0.717) is 28.8 Å². The van der Waals surface area contributed by atoms with E-state index in [1.807, 2.05) is 12.1 Å². The third-order valence-electron chi connectivity index (χ3n) is 4.20. The van der Waals surface area contributed by atoms with E-state index >= 15 is 0 Å². The zero-order valence-electron chi connectivity index (χ0n) is 14.6. The van der Waals surface area contributed by atoms with Crippen LogP contribution in [0.25, 0.3) is 0 Å². The molecule has 0 N–H and O–H groups in total. The summed E-state index contributed by atoms with van der Waals surface area (Å²) in [4.78, 5) is 0.293. The van der Waals surface area contributed by atoms with E-state index in [2.05, 4.69) is 6.92 Å². The highest BCUT2D eigenvalue weighted by molar-refractivity contribution is 8.01. The summed E-state index contributed by atoms with van der Waals surface area (Å²) >= 11 is 7.58. The minimum atomic E-state index is -3.56. The third-order valence-corrected chi connectivity index (χ3v) is 7.73. The second kappa shape index (κ2) is 8.65. The Bertz CT molecular complexity index is 823. The highest BCUT2D eigenvalue weighted by atomic mass is 35.5. The summed E-state index contributed by atoms with van der Waals surface area (Å²) in [6, 6.07) is 14.1. The van der Waals surface area contributed by atoms with Gasteiger partial charge in [0.25, 0.3) is 0 Å². The van der Waals surface area contributed by atoms with Crippen LogP contribution in [0.15, 0.2) is 53.4 Å². The van der Waals surface area contributed by atoms with Gasteiger partial charge in [0.05, 0.1) is 16.9 Å². The molecule has 0 aliphatic carbocycles. The number of sulfonamides is 1. The predicted octanol–water partition coefficient (Wildman–Crippen LogP) is 4.96. The van der Waals surface area contributed by atoms with Crippen LogP contribution in [0.3, 0.4) is 0 Å². The molecule has 0 saturated carbocycles. The average Bonchev–Trinajstić information content (AvgIpc) is 3.14. The monoisotopic (exact) mass is 411 g/mol. The van der Waals surface area contributed by atoms with Gasteiger partial charge in [-0.05, 0) is 48.4 Å². The molecule has 1 aliphatic rings. The average molecular weight is 412 g/mol. The lowest BCUT2D eigenvalue weighted by molar-refractivity contribution is 0.309. The van der Waals surface area contributed by atoms with Gasteiger partial charge in [-0.3, -0.25) is 0 Å². The molecule has 0 radical (unpaired) electrons. The van der Waals surface area contributed by atoms with E-state index in [9.17, 15) is 8.42 Å². The van der Waals surface area contributed by atoms with Crippen molar-refractivity contribution >= 4 is 33.4 Å². The molecular formula is C19H22ClNO3S2. The van der Waals surface area contributed by atoms with Crippen LogP contribution >= 0.6 is 23.4 Å². The molecule has 0 aromatic heterocycles. The van der Waals surface area contributed by atoms with Crippen LogP contribution in [0, 0.1) is 0 Å². The molecule has 1 atom stereocenters. The van der Waals surface area contributed by atoms with Crippen molar-refractivity contribution in [2.75, 3.05) is 18.9 Å². The lowest BCUT2D eigenvalue weighted by Crippen LogP contribution is -2.30. The topological polar surface area (TPSA) is 46.6 Å². The molecule has 0 bridgehead atoms. The summed E-state index contributed by atoms with van der Waals surface area (Å²) in [5.74, 6) is 1.47. The van der Waals surface area contributed by atoms with Crippen molar-refractivity contribution in [3.8, 4) is 5.75 Å². The van der Waals surface area contributed by atoms with Gasteiger partial charge in [0.15, 0.2) is 0 Å². The molecule has 26 heavy (non-hydrogen) atoms. The molecule has 1 aliphatic heterocycles. The van der Waals surface area contributed by atoms with Gasteiger partial charge in [-0.15, -0.1) is 11.8 Å². The molecular weight excluding hydrogens is 390 g/mol. The number of thioether (sulfide) groups is 1. The van der Waals surface area contributed by atoms with E-state index in [-0.39, 0.29) is 5.37 Å². The number of benzene rings is 2. The number of nitrogens with zero attached hydrogens (tertiary/aromatic N) is 1. The SMILES string of the molecule is CCCCOc1ccc(S(=O)(=O)N2CCSC2c2ccc(Cl)cc2)cc1. The fraction of sp³-hybridized carbons (Fsp3) is 0.368. The second-order valence-electron chi connectivity index (χ2n) is 6.06. The Balaban J connectivity index is 1.79. The maximum Gasteiger partial charge on any atom is 0.244 e. The quantitative estimate of drug-likeness (QED) is 0.604. The number of hydrogen-bond acceptors (Lipinski definition) is 4. The van der Waals surface area contributed by atoms with Gasteiger partial charge in [-0.2, -0.15) is 4.31 Å². The Hall–Kier alpha value is -1.21. The van der Waals surface area contributed by atoms with Crippen molar-refractivity contribution in [1.29, 1.82) is 0 Å². The van der Waals surface area contributed by atoms with E-state index in [0.717, 1.165) is 24.2 Å². The Morgan fingerprint density at radius 3 is 2.50 bits per heavy atom. The first kappa shape index (κ1) is 19.5. The maximum atomic E-state index is 13.1. The molecule has 2 aromatic rings. The highest BCUT2D eigenvalue weighted by Gasteiger charge is 2.36. The molecule has 1 saturated heterocycles. The fourth-order valence-corrected chi connectivity index (χ4v) is 6.14. The molecule has 4 nitrogen and oxygen atoms in total. The lowest BCUT2D eigenvalue weighted by atomic mass is 10.2. The van der Waals surface area contributed by atoms with Gasteiger partial charge in [-0.25, -0.2) is 8.42 Å². The van der Waals surface area contributed by atoms with Crippen LogP contribution in [-0.4, -0.2) is 31.6 Å². The van der Waals surface area contributed by atoms with Gasteiger partial charge >= 0.3 is 0 Å². The van der Waals surface area contributed by atoms with E-state index in [1.54, 1.807) is 52.5 Å². The Morgan fingerprint density at radius 2 is 1.85 bits per heavy atom. The zero-order valence-corrected chi connectivity index (χ0v) is 17.0. The van der Waals surface area contributed by atoms with Crippen molar-refractivity contribution in [3.05, 3.63) is 59.1 Å². The van der Waals surface area contributed by atoms with Gasteiger partial charge in [0.2, 0.25) is 10.0 Å². The largest absolute Gasteiger partial charge is 0.494 e. The van der Waals surface area contributed by atoms with Gasteiger partial charge in [0.1, 0.15) is 5.75 Å². The van der Waals surface area contributed by atoms with Crippen molar-refractivity contribution < 1.29 is 13.2 Å². The smallest absolute Gasteiger partial charge is 0.244 e.